The molecule has 0 radical (unpaired) electrons. The topological polar surface area (TPSA) is 12.9 Å². The summed E-state index contributed by atoms with van der Waals surface area (Å²) in [5.41, 5.74) is 4.31. The van der Waals surface area contributed by atoms with Crippen molar-refractivity contribution < 1.29 is 4.39 Å². The highest BCUT2D eigenvalue weighted by atomic mass is 19.1. The van der Waals surface area contributed by atoms with Crippen molar-refractivity contribution in [2.24, 2.45) is 0 Å². The van der Waals surface area contributed by atoms with Crippen LogP contribution < -0.4 is 0 Å². The van der Waals surface area contributed by atoms with Crippen molar-refractivity contribution in [3.8, 4) is 11.3 Å². The molecule has 1 aliphatic rings. The largest absolute Gasteiger partial charge is 0.256 e. The summed E-state index contributed by atoms with van der Waals surface area (Å²) < 4.78 is 12.8. The fourth-order valence-corrected chi connectivity index (χ4v) is 1.92. The van der Waals surface area contributed by atoms with Crippen LogP contribution in [-0.2, 0) is 6.42 Å². The van der Waals surface area contributed by atoms with Crippen LogP contribution in [0.4, 0.5) is 4.39 Å². The number of aromatic nitrogens is 1. The Hall–Kier alpha value is -1.96. The van der Waals surface area contributed by atoms with Crippen LogP contribution in [0.5, 0.6) is 0 Å². The summed E-state index contributed by atoms with van der Waals surface area (Å²) in [6.45, 7) is 0. The number of allylic oxidation sites excluding steroid dienone is 1. The minimum absolute atomic E-state index is 0.218. The van der Waals surface area contributed by atoms with Crippen molar-refractivity contribution in [1.29, 1.82) is 0 Å². The lowest BCUT2D eigenvalue weighted by Gasteiger charge is -2.03. The average molecular weight is 211 g/mol. The van der Waals surface area contributed by atoms with Crippen molar-refractivity contribution >= 4 is 6.08 Å². The van der Waals surface area contributed by atoms with Crippen LogP contribution in [0.1, 0.15) is 11.1 Å². The van der Waals surface area contributed by atoms with Crippen LogP contribution in [0.3, 0.4) is 0 Å². The number of fused-ring (bicyclic) bond motifs is 1. The highest BCUT2D eigenvalue weighted by molar-refractivity contribution is 5.67. The quantitative estimate of drug-likeness (QED) is 0.704. The Labute approximate surface area is 93.3 Å². The van der Waals surface area contributed by atoms with Gasteiger partial charge in [-0.25, -0.2) is 4.39 Å². The van der Waals surface area contributed by atoms with E-state index in [0.717, 1.165) is 17.7 Å². The first kappa shape index (κ1) is 9.28. The Balaban J connectivity index is 2.07. The Morgan fingerprint density at radius 3 is 2.75 bits per heavy atom. The van der Waals surface area contributed by atoms with E-state index in [4.69, 9.17) is 0 Å². The number of pyridine rings is 1. The number of hydrogen-bond donors (Lipinski definition) is 0. The second kappa shape index (κ2) is 3.56. The fraction of sp³-hybridized carbons (Fsp3) is 0.0714. The van der Waals surface area contributed by atoms with Gasteiger partial charge >= 0.3 is 0 Å². The maximum atomic E-state index is 12.8. The first-order valence-corrected chi connectivity index (χ1v) is 5.24. The van der Waals surface area contributed by atoms with E-state index in [1.807, 2.05) is 12.3 Å². The van der Waals surface area contributed by atoms with E-state index in [9.17, 15) is 4.39 Å². The Morgan fingerprint density at radius 2 is 1.94 bits per heavy atom. The van der Waals surface area contributed by atoms with E-state index in [-0.39, 0.29) is 5.82 Å². The number of hydrogen-bond acceptors (Lipinski definition) is 1. The van der Waals surface area contributed by atoms with E-state index in [1.165, 1.54) is 23.3 Å². The van der Waals surface area contributed by atoms with Gasteiger partial charge in [0.05, 0.1) is 5.69 Å². The third-order valence-electron chi connectivity index (χ3n) is 2.80. The molecule has 0 saturated heterocycles. The molecule has 1 aromatic heterocycles. The van der Waals surface area contributed by atoms with Gasteiger partial charge < -0.3 is 0 Å². The van der Waals surface area contributed by atoms with E-state index in [1.54, 1.807) is 12.1 Å². The van der Waals surface area contributed by atoms with Gasteiger partial charge in [0.25, 0.3) is 0 Å². The first-order valence-electron chi connectivity index (χ1n) is 5.24. The van der Waals surface area contributed by atoms with E-state index in [2.05, 4.69) is 17.1 Å². The molecule has 0 amide bonds. The normalized spacial score (nSPS) is 12.8. The average Bonchev–Trinajstić information content (AvgIpc) is 2.77. The van der Waals surface area contributed by atoms with Crippen LogP contribution in [0, 0.1) is 5.82 Å². The molecule has 1 heterocycles. The second-order valence-electron chi connectivity index (χ2n) is 3.88. The Bertz CT molecular complexity index is 555. The summed E-state index contributed by atoms with van der Waals surface area (Å²) in [6, 6.07) is 8.47. The van der Waals surface area contributed by atoms with Crippen molar-refractivity contribution in [3.63, 3.8) is 0 Å². The van der Waals surface area contributed by atoms with Crippen molar-refractivity contribution in [2.75, 3.05) is 0 Å². The SMILES string of the molecule is Fc1ccc(-c2cc3c(cn2)CC=C3)cc1. The molecule has 0 spiro atoms. The van der Waals surface area contributed by atoms with E-state index in [0.29, 0.717) is 0 Å². The van der Waals surface area contributed by atoms with Crippen LogP contribution in [0.15, 0.2) is 42.6 Å². The van der Waals surface area contributed by atoms with Gasteiger partial charge in [-0.15, -0.1) is 0 Å². The summed E-state index contributed by atoms with van der Waals surface area (Å²) in [5, 5.41) is 0. The van der Waals surface area contributed by atoms with Crippen molar-refractivity contribution in [3.05, 3.63) is 59.5 Å². The van der Waals surface area contributed by atoms with Gasteiger partial charge in [-0.05, 0) is 47.9 Å². The van der Waals surface area contributed by atoms with E-state index < -0.39 is 0 Å². The number of halogens is 1. The lowest BCUT2D eigenvalue weighted by molar-refractivity contribution is 0.628. The van der Waals surface area contributed by atoms with E-state index >= 15 is 0 Å². The molecule has 0 saturated carbocycles. The van der Waals surface area contributed by atoms with Crippen molar-refractivity contribution in [1.82, 2.24) is 4.98 Å². The monoisotopic (exact) mass is 211 g/mol. The molecule has 0 N–H and O–H groups in total. The maximum Gasteiger partial charge on any atom is 0.123 e. The third kappa shape index (κ3) is 1.52. The molecule has 2 aromatic rings. The summed E-state index contributed by atoms with van der Waals surface area (Å²) in [6.07, 6.45) is 7.09. The summed E-state index contributed by atoms with van der Waals surface area (Å²) >= 11 is 0. The van der Waals surface area contributed by atoms with Crippen molar-refractivity contribution in [2.45, 2.75) is 6.42 Å². The van der Waals surface area contributed by atoms with Gasteiger partial charge in [-0.1, -0.05) is 12.2 Å². The Kier molecular flexibility index (Phi) is 2.07. The Morgan fingerprint density at radius 1 is 1.12 bits per heavy atom. The molecule has 0 unspecified atom stereocenters. The summed E-state index contributed by atoms with van der Waals surface area (Å²) in [4.78, 5) is 4.39. The number of rotatable bonds is 1. The molecular formula is C14H10FN. The second-order valence-corrected chi connectivity index (χ2v) is 3.88. The molecule has 0 fully saturated rings. The standard InChI is InChI=1S/C14H10FN/c15-13-6-4-10(5-7-13)14-8-11-2-1-3-12(11)9-16-14/h1-2,4-9H,3H2. The summed E-state index contributed by atoms with van der Waals surface area (Å²) in [5.74, 6) is -0.218. The molecule has 0 bridgehead atoms. The van der Waals surface area contributed by atoms with Crippen LogP contribution in [0.25, 0.3) is 17.3 Å². The van der Waals surface area contributed by atoms with Gasteiger partial charge in [0.15, 0.2) is 0 Å². The molecule has 2 heteroatoms. The van der Waals surface area contributed by atoms with Crippen LogP contribution in [-0.4, -0.2) is 4.98 Å². The van der Waals surface area contributed by atoms with Crippen LogP contribution in [0.2, 0.25) is 0 Å². The molecule has 78 valence electrons. The molecule has 16 heavy (non-hydrogen) atoms. The highest BCUT2D eigenvalue weighted by Crippen LogP contribution is 2.24. The predicted octanol–water partition coefficient (Wildman–Crippen LogP) is 3.46. The predicted molar refractivity (Wildman–Crippen MR) is 62.4 cm³/mol. The van der Waals surface area contributed by atoms with Gasteiger partial charge in [0.1, 0.15) is 5.82 Å². The minimum atomic E-state index is -0.218. The molecule has 0 atom stereocenters. The lowest BCUT2D eigenvalue weighted by Crippen LogP contribution is -1.88. The zero-order chi connectivity index (χ0) is 11.0. The molecule has 0 aliphatic heterocycles. The zero-order valence-corrected chi connectivity index (χ0v) is 8.65. The lowest BCUT2D eigenvalue weighted by atomic mass is 10.1. The zero-order valence-electron chi connectivity index (χ0n) is 8.65. The molecule has 1 aliphatic carbocycles. The number of nitrogens with zero attached hydrogens (tertiary/aromatic N) is 1. The van der Waals surface area contributed by atoms with Gasteiger partial charge in [0.2, 0.25) is 0 Å². The van der Waals surface area contributed by atoms with Gasteiger partial charge in [-0.3, -0.25) is 4.98 Å². The molecule has 3 rings (SSSR count). The van der Waals surface area contributed by atoms with Gasteiger partial charge in [0, 0.05) is 11.8 Å². The molecular weight excluding hydrogens is 201 g/mol. The smallest absolute Gasteiger partial charge is 0.123 e. The van der Waals surface area contributed by atoms with Crippen LogP contribution >= 0.6 is 0 Å². The highest BCUT2D eigenvalue weighted by Gasteiger charge is 2.07. The van der Waals surface area contributed by atoms with Gasteiger partial charge in [-0.2, -0.15) is 0 Å². The third-order valence-corrected chi connectivity index (χ3v) is 2.80. The molecule has 1 aromatic carbocycles. The first-order chi connectivity index (χ1) is 7.83. The summed E-state index contributed by atoms with van der Waals surface area (Å²) in [7, 11) is 0. The molecule has 1 nitrogen and oxygen atoms in total. The minimum Gasteiger partial charge on any atom is -0.256 e. The number of benzene rings is 1. The maximum absolute atomic E-state index is 12.8. The fourth-order valence-electron chi connectivity index (χ4n) is 1.92.